The number of ether oxygens (including phenoxy) is 1. The number of aliphatic hydroxyl groups is 1. The molecule has 2 saturated heterocycles. The van der Waals surface area contributed by atoms with E-state index < -0.39 is 17.8 Å². The third kappa shape index (κ3) is 1.38. The Bertz CT molecular complexity index is 328. The Morgan fingerprint density at radius 1 is 1.25 bits per heavy atom. The zero-order valence-electron chi connectivity index (χ0n) is 9.02. The van der Waals surface area contributed by atoms with Crippen molar-refractivity contribution in [3.05, 3.63) is 0 Å². The van der Waals surface area contributed by atoms with E-state index in [9.17, 15) is 14.7 Å². The number of imide groups is 1. The Morgan fingerprint density at radius 2 is 1.81 bits per heavy atom. The molecule has 0 aromatic rings. The molecule has 2 amide bonds. The molecule has 5 nitrogen and oxygen atoms in total. The van der Waals surface area contributed by atoms with Crippen molar-refractivity contribution in [2.24, 2.45) is 0 Å². The van der Waals surface area contributed by atoms with Gasteiger partial charge in [-0.2, -0.15) is 0 Å². The first-order chi connectivity index (χ1) is 7.59. The van der Waals surface area contributed by atoms with Crippen LogP contribution in [0.1, 0.15) is 32.1 Å². The van der Waals surface area contributed by atoms with Gasteiger partial charge in [0.15, 0.2) is 0 Å². The second-order valence-electron chi connectivity index (χ2n) is 5.03. The highest BCUT2D eigenvalue weighted by atomic mass is 16.5. The summed E-state index contributed by atoms with van der Waals surface area (Å²) in [6.07, 6.45) is 2.68. The van der Waals surface area contributed by atoms with E-state index in [2.05, 4.69) is 0 Å². The van der Waals surface area contributed by atoms with Gasteiger partial charge in [0.05, 0.1) is 12.1 Å². The lowest BCUT2D eigenvalue weighted by molar-refractivity contribution is -0.175. The third-order valence-electron chi connectivity index (χ3n) is 3.84. The van der Waals surface area contributed by atoms with Crippen LogP contribution in [-0.2, 0) is 14.3 Å². The number of hydrogen-bond donors (Lipinski definition) is 1. The molecule has 2 atom stereocenters. The van der Waals surface area contributed by atoms with Gasteiger partial charge in [0.1, 0.15) is 12.2 Å². The van der Waals surface area contributed by atoms with Crippen molar-refractivity contribution in [2.45, 2.75) is 49.9 Å². The van der Waals surface area contributed by atoms with Gasteiger partial charge in [-0.3, -0.25) is 14.5 Å². The number of β-amino-alcohol motifs (C(OH)–C–C–N with tert-alkyl or cyclic N) is 1. The van der Waals surface area contributed by atoms with Gasteiger partial charge >= 0.3 is 0 Å². The highest BCUT2D eigenvalue weighted by Gasteiger charge is 2.49. The lowest BCUT2D eigenvalue weighted by atomic mass is 9.80. The zero-order chi connectivity index (χ0) is 11.3. The maximum atomic E-state index is 11.9. The minimum atomic E-state index is -0.831. The second-order valence-corrected chi connectivity index (χ2v) is 5.03. The Balaban J connectivity index is 1.78. The number of carbonyl (C=O) groups excluding carboxylic acids is 2. The number of rotatable bonds is 2. The topological polar surface area (TPSA) is 66.8 Å². The van der Waals surface area contributed by atoms with Gasteiger partial charge in [0.25, 0.3) is 11.8 Å². The summed E-state index contributed by atoms with van der Waals surface area (Å²) in [6.45, 7) is 0.154. The number of morpholine rings is 1. The average molecular weight is 225 g/mol. The average Bonchev–Trinajstić information content (AvgIpc) is 2.66. The van der Waals surface area contributed by atoms with Crippen molar-refractivity contribution in [2.75, 3.05) is 6.54 Å². The summed E-state index contributed by atoms with van der Waals surface area (Å²) in [5.41, 5.74) is -0.831. The molecule has 16 heavy (non-hydrogen) atoms. The van der Waals surface area contributed by atoms with Gasteiger partial charge in [-0.15, -0.1) is 0 Å². The third-order valence-corrected chi connectivity index (χ3v) is 3.84. The van der Waals surface area contributed by atoms with Crippen LogP contribution in [0.5, 0.6) is 0 Å². The Morgan fingerprint density at radius 3 is 2.25 bits per heavy atom. The molecule has 0 radical (unpaired) electrons. The second kappa shape index (κ2) is 3.28. The van der Waals surface area contributed by atoms with Crippen LogP contribution in [0.2, 0.25) is 0 Å². The largest absolute Gasteiger partial charge is 0.388 e. The van der Waals surface area contributed by atoms with E-state index in [1.165, 1.54) is 4.90 Å². The molecule has 2 aliphatic heterocycles. The van der Waals surface area contributed by atoms with Crippen LogP contribution in [0, 0.1) is 0 Å². The standard InChI is InChI=1S/C11H15NO4/c13-9-7-2-3-8(16-7)10(14)12(9)6-11(15)4-1-5-11/h7-8,15H,1-6H2. The van der Waals surface area contributed by atoms with E-state index in [-0.39, 0.29) is 18.4 Å². The first kappa shape index (κ1) is 10.2. The van der Waals surface area contributed by atoms with Crippen LogP contribution in [0.3, 0.4) is 0 Å². The van der Waals surface area contributed by atoms with E-state index in [1.54, 1.807) is 0 Å². The van der Waals surface area contributed by atoms with Gasteiger partial charge in [0, 0.05) is 0 Å². The first-order valence-electron chi connectivity index (χ1n) is 5.82. The van der Waals surface area contributed by atoms with Crippen molar-refractivity contribution in [1.29, 1.82) is 0 Å². The van der Waals surface area contributed by atoms with Crippen molar-refractivity contribution in [3.8, 4) is 0 Å². The molecule has 0 aromatic carbocycles. The van der Waals surface area contributed by atoms with Crippen molar-refractivity contribution < 1.29 is 19.4 Å². The summed E-state index contributed by atoms with van der Waals surface area (Å²) in [5.74, 6) is -0.529. The van der Waals surface area contributed by atoms with E-state index in [0.717, 1.165) is 6.42 Å². The number of hydrogen-bond acceptors (Lipinski definition) is 4. The van der Waals surface area contributed by atoms with E-state index in [0.29, 0.717) is 25.7 Å². The maximum Gasteiger partial charge on any atom is 0.258 e. The van der Waals surface area contributed by atoms with Gasteiger partial charge in [-0.05, 0) is 32.1 Å². The number of fused-ring (bicyclic) bond motifs is 2. The molecule has 2 bridgehead atoms. The van der Waals surface area contributed by atoms with Crippen molar-refractivity contribution >= 4 is 11.8 Å². The summed E-state index contributed by atoms with van der Waals surface area (Å²) in [5, 5.41) is 10.0. The molecule has 2 heterocycles. The molecule has 0 spiro atoms. The van der Waals surface area contributed by atoms with Crippen LogP contribution in [-0.4, -0.2) is 46.2 Å². The van der Waals surface area contributed by atoms with Crippen LogP contribution in [0.4, 0.5) is 0 Å². The van der Waals surface area contributed by atoms with Crippen molar-refractivity contribution in [3.63, 3.8) is 0 Å². The lowest BCUT2D eigenvalue weighted by Crippen LogP contribution is -2.58. The summed E-state index contributed by atoms with van der Waals surface area (Å²) in [7, 11) is 0. The van der Waals surface area contributed by atoms with Gasteiger partial charge in [-0.25, -0.2) is 0 Å². The minimum absolute atomic E-state index is 0.154. The van der Waals surface area contributed by atoms with E-state index >= 15 is 0 Å². The highest BCUT2D eigenvalue weighted by molar-refractivity contribution is 6.02. The summed E-state index contributed by atoms with van der Waals surface area (Å²) in [6, 6.07) is 0. The molecule has 1 aliphatic carbocycles. The molecular formula is C11H15NO4. The number of likely N-dealkylation sites (tertiary alicyclic amines) is 1. The normalized spacial score (nSPS) is 36.4. The van der Waals surface area contributed by atoms with Gasteiger partial charge in [0.2, 0.25) is 0 Å². The quantitative estimate of drug-likeness (QED) is 0.662. The fourth-order valence-corrected chi connectivity index (χ4v) is 2.65. The van der Waals surface area contributed by atoms with E-state index in [1.807, 2.05) is 0 Å². The Labute approximate surface area is 93.4 Å². The molecular weight excluding hydrogens is 210 g/mol. The molecule has 1 saturated carbocycles. The van der Waals surface area contributed by atoms with Gasteiger partial charge < -0.3 is 9.84 Å². The van der Waals surface area contributed by atoms with Crippen LogP contribution >= 0.6 is 0 Å². The van der Waals surface area contributed by atoms with Crippen molar-refractivity contribution in [1.82, 2.24) is 4.90 Å². The minimum Gasteiger partial charge on any atom is -0.388 e. The lowest BCUT2D eigenvalue weighted by Gasteiger charge is -2.41. The Hall–Kier alpha value is -0.940. The molecule has 3 aliphatic rings. The Kier molecular flexibility index (Phi) is 2.09. The van der Waals surface area contributed by atoms with Crippen LogP contribution < -0.4 is 0 Å². The summed E-state index contributed by atoms with van der Waals surface area (Å²) >= 11 is 0. The predicted molar refractivity (Wildman–Crippen MR) is 53.4 cm³/mol. The number of amides is 2. The fourth-order valence-electron chi connectivity index (χ4n) is 2.65. The summed E-state index contributed by atoms with van der Waals surface area (Å²) in [4.78, 5) is 25.0. The van der Waals surface area contributed by atoms with Crippen LogP contribution in [0.15, 0.2) is 0 Å². The SMILES string of the molecule is O=C1C2CCC(O2)C(=O)N1CC1(O)CCC1. The molecule has 0 aromatic heterocycles. The number of nitrogens with zero attached hydrogens (tertiary/aromatic N) is 1. The smallest absolute Gasteiger partial charge is 0.258 e. The van der Waals surface area contributed by atoms with Crippen LogP contribution in [0.25, 0.3) is 0 Å². The maximum absolute atomic E-state index is 11.9. The number of carbonyl (C=O) groups is 2. The molecule has 88 valence electrons. The zero-order valence-corrected chi connectivity index (χ0v) is 9.02. The molecule has 1 N–H and O–H groups in total. The first-order valence-corrected chi connectivity index (χ1v) is 5.82. The molecule has 5 heteroatoms. The predicted octanol–water partition coefficient (Wildman–Crippen LogP) is -0.182. The van der Waals surface area contributed by atoms with Gasteiger partial charge in [-0.1, -0.05) is 0 Å². The summed E-state index contributed by atoms with van der Waals surface area (Å²) < 4.78 is 5.30. The van der Waals surface area contributed by atoms with E-state index in [4.69, 9.17) is 4.74 Å². The molecule has 2 unspecified atom stereocenters. The highest BCUT2D eigenvalue weighted by Crippen LogP contribution is 2.35. The monoisotopic (exact) mass is 225 g/mol. The molecule has 3 fully saturated rings. The molecule has 3 rings (SSSR count). The fraction of sp³-hybridized carbons (Fsp3) is 0.818.